The molecule has 2 aromatic rings. The van der Waals surface area contributed by atoms with Crippen molar-refractivity contribution in [2.24, 2.45) is 0 Å². The zero-order valence-electron chi connectivity index (χ0n) is 9.77. The SMILES string of the molecule is Nc1ccc(OCc2ccc(Cl)cc2)c(CO)c1. The van der Waals surface area contributed by atoms with Crippen molar-refractivity contribution in [3.63, 3.8) is 0 Å². The van der Waals surface area contributed by atoms with Gasteiger partial charge in [-0.05, 0) is 35.9 Å². The molecule has 0 unspecified atom stereocenters. The van der Waals surface area contributed by atoms with E-state index in [2.05, 4.69) is 0 Å². The van der Waals surface area contributed by atoms with E-state index in [1.165, 1.54) is 0 Å². The minimum absolute atomic E-state index is 0.0962. The number of aliphatic hydroxyl groups is 1. The van der Waals surface area contributed by atoms with Crippen LogP contribution in [-0.2, 0) is 13.2 Å². The molecule has 0 aliphatic rings. The molecule has 0 atom stereocenters. The number of benzene rings is 2. The molecule has 94 valence electrons. The number of hydrogen-bond donors (Lipinski definition) is 2. The summed E-state index contributed by atoms with van der Waals surface area (Å²) in [6, 6.07) is 12.6. The highest BCUT2D eigenvalue weighted by molar-refractivity contribution is 6.30. The lowest BCUT2D eigenvalue weighted by atomic mass is 10.2. The molecule has 0 fully saturated rings. The monoisotopic (exact) mass is 263 g/mol. The van der Waals surface area contributed by atoms with E-state index in [-0.39, 0.29) is 6.61 Å². The Hall–Kier alpha value is -1.71. The molecule has 0 aliphatic carbocycles. The number of nitrogen functional groups attached to an aromatic ring is 1. The molecule has 2 rings (SSSR count). The van der Waals surface area contributed by atoms with Gasteiger partial charge >= 0.3 is 0 Å². The summed E-state index contributed by atoms with van der Waals surface area (Å²) in [4.78, 5) is 0. The van der Waals surface area contributed by atoms with E-state index in [9.17, 15) is 5.11 Å². The van der Waals surface area contributed by atoms with Crippen LogP contribution in [0, 0.1) is 0 Å². The molecule has 0 amide bonds. The highest BCUT2D eigenvalue weighted by Crippen LogP contribution is 2.22. The molecule has 18 heavy (non-hydrogen) atoms. The lowest BCUT2D eigenvalue weighted by Gasteiger charge is -2.10. The Morgan fingerprint density at radius 1 is 1.11 bits per heavy atom. The van der Waals surface area contributed by atoms with E-state index in [0.29, 0.717) is 28.6 Å². The number of halogens is 1. The summed E-state index contributed by atoms with van der Waals surface area (Å²) >= 11 is 5.81. The first-order valence-corrected chi connectivity index (χ1v) is 5.93. The fourth-order valence-corrected chi connectivity index (χ4v) is 1.73. The fourth-order valence-electron chi connectivity index (χ4n) is 1.61. The summed E-state index contributed by atoms with van der Waals surface area (Å²) in [6.45, 7) is 0.328. The average molecular weight is 264 g/mol. The molecule has 3 nitrogen and oxygen atoms in total. The standard InChI is InChI=1S/C14H14ClNO2/c15-12-3-1-10(2-4-12)9-18-14-6-5-13(16)7-11(14)8-17/h1-7,17H,8-9,16H2. The number of rotatable bonds is 4. The minimum atomic E-state index is -0.0962. The summed E-state index contributed by atoms with van der Waals surface area (Å²) in [5.41, 5.74) is 7.95. The Morgan fingerprint density at radius 2 is 1.83 bits per heavy atom. The molecule has 0 saturated carbocycles. The number of aliphatic hydroxyl groups excluding tert-OH is 1. The number of nitrogens with two attached hydrogens (primary N) is 1. The third-order valence-corrected chi connectivity index (χ3v) is 2.81. The van der Waals surface area contributed by atoms with Crippen LogP contribution in [0.15, 0.2) is 42.5 Å². The molecule has 0 aromatic heterocycles. The van der Waals surface area contributed by atoms with E-state index < -0.39 is 0 Å². The molecule has 0 bridgehead atoms. The maximum atomic E-state index is 9.22. The predicted octanol–water partition coefficient (Wildman–Crippen LogP) is 2.99. The first-order valence-electron chi connectivity index (χ1n) is 5.55. The van der Waals surface area contributed by atoms with Crippen molar-refractivity contribution in [2.45, 2.75) is 13.2 Å². The van der Waals surface area contributed by atoms with Gasteiger partial charge in [-0.3, -0.25) is 0 Å². The van der Waals surface area contributed by atoms with E-state index >= 15 is 0 Å². The number of ether oxygens (including phenoxy) is 1. The molecule has 0 saturated heterocycles. The molecular formula is C14H14ClNO2. The normalized spacial score (nSPS) is 10.3. The van der Waals surface area contributed by atoms with E-state index in [1.807, 2.05) is 24.3 Å². The Morgan fingerprint density at radius 3 is 2.50 bits per heavy atom. The van der Waals surface area contributed by atoms with Crippen LogP contribution in [-0.4, -0.2) is 5.11 Å². The molecule has 0 spiro atoms. The molecule has 0 heterocycles. The Bertz CT molecular complexity index is 526. The van der Waals surface area contributed by atoms with Gasteiger partial charge in [0.1, 0.15) is 12.4 Å². The van der Waals surface area contributed by atoms with Crippen LogP contribution in [0.25, 0.3) is 0 Å². The Balaban J connectivity index is 2.08. The molecular weight excluding hydrogens is 250 g/mol. The second kappa shape index (κ2) is 5.76. The van der Waals surface area contributed by atoms with Gasteiger partial charge in [0, 0.05) is 16.3 Å². The zero-order valence-corrected chi connectivity index (χ0v) is 10.5. The summed E-state index contributed by atoms with van der Waals surface area (Å²) in [6.07, 6.45) is 0. The van der Waals surface area contributed by atoms with Crippen LogP contribution in [0.3, 0.4) is 0 Å². The maximum absolute atomic E-state index is 9.22. The third-order valence-electron chi connectivity index (χ3n) is 2.56. The first-order chi connectivity index (χ1) is 8.69. The van der Waals surface area contributed by atoms with Crippen molar-refractivity contribution in [2.75, 3.05) is 5.73 Å². The summed E-state index contributed by atoms with van der Waals surface area (Å²) in [7, 11) is 0. The molecule has 4 heteroatoms. The topological polar surface area (TPSA) is 55.5 Å². The third kappa shape index (κ3) is 3.15. The van der Waals surface area contributed by atoms with E-state index in [1.54, 1.807) is 18.2 Å². The van der Waals surface area contributed by atoms with Crippen molar-refractivity contribution in [3.05, 3.63) is 58.6 Å². The lowest BCUT2D eigenvalue weighted by Crippen LogP contribution is -1.99. The number of anilines is 1. The quantitative estimate of drug-likeness (QED) is 0.834. The summed E-state index contributed by atoms with van der Waals surface area (Å²) in [5, 5.41) is 9.92. The van der Waals surface area contributed by atoms with Crippen LogP contribution >= 0.6 is 11.6 Å². The Labute approximate surface area is 111 Å². The Kier molecular flexibility index (Phi) is 4.07. The summed E-state index contributed by atoms with van der Waals surface area (Å²) < 4.78 is 5.65. The minimum Gasteiger partial charge on any atom is -0.489 e. The van der Waals surface area contributed by atoms with Crippen molar-refractivity contribution < 1.29 is 9.84 Å². The fraction of sp³-hybridized carbons (Fsp3) is 0.143. The van der Waals surface area contributed by atoms with Gasteiger partial charge in [0.05, 0.1) is 6.61 Å². The van der Waals surface area contributed by atoms with Crippen molar-refractivity contribution in [1.29, 1.82) is 0 Å². The average Bonchev–Trinajstić information content (AvgIpc) is 2.39. The van der Waals surface area contributed by atoms with Gasteiger partial charge in [0.25, 0.3) is 0 Å². The molecule has 0 radical (unpaired) electrons. The molecule has 2 aromatic carbocycles. The maximum Gasteiger partial charge on any atom is 0.125 e. The largest absolute Gasteiger partial charge is 0.489 e. The smallest absolute Gasteiger partial charge is 0.125 e. The van der Waals surface area contributed by atoms with E-state index in [0.717, 1.165) is 5.56 Å². The van der Waals surface area contributed by atoms with Crippen molar-refractivity contribution in [1.82, 2.24) is 0 Å². The van der Waals surface area contributed by atoms with Gasteiger partial charge in [0.15, 0.2) is 0 Å². The second-order valence-electron chi connectivity index (χ2n) is 3.94. The van der Waals surface area contributed by atoms with Crippen molar-refractivity contribution >= 4 is 17.3 Å². The second-order valence-corrected chi connectivity index (χ2v) is 4.38. The van der Waals surface area contributed by atoms with Crippen LogP contribution < -0.4 is 10.5 Å². The van der Waals surface area contributed by atoms with Gasteiger partial charge in [-0.15, -0.1) is 0 Å². The predicted molar refractivity (Wildman–Crippen MR) is 72.6 cm³/mol. The van der Waals surface area contributed by atoms with Gasteiger partial charge in [-0.25, -0.2) is 0 Å². The van der Waals surface area contributed by atoms with Crippen LogP contribution in [0.1, 0.15) is 11.1 Å². The van der Waals surface area contributed by atoms with Gasteiger partial charge in [-0.1, -0.05) is 23.7 Å². The molecule has 3 N–H and O–H groups in total. The highest BCUT2D eigenvalue weighted by Gasteiger charge is 2.04. The van der Waals surface area contributed by atoms with E-state index in [4.69, 9.17) is 22.1 Å². The number of hydrogen-bond acceptors (Lipinski definition) is 3. The van der Waals surface area contributed by atoms with Gasteiger partial charge < -0.3 is 15.6 Å². The van der Waals surface area contributed by atoms with Gasteiger partial charge in [-0.2, -0.15) is 0 Å². The van der Waals surface area contributed by atoms with Gasteiger partial charge in [0.2, 0.25) is 0 Å². The lowest BCUT2D eigenvalue weighted by molar-refractivity contribution is 0.259. The summed E-state index contributed by atoms with van der Waals surface area (Å²) in [5.74, 6) is 0.640. The molecule has 0 aliphatic heterocycles. The van der Waals surface area contributed by atoms with Crippen LogP contribution in [0.2, 0.25) is 5.02 Å². The van der Waals surface area contributed by atoms with Crippen molar-refractivity contribution in [3.8, 4) is 5.75 Å². The first kappa shape index (κ1) is 12.7. The highest BCUT2D eigenvalue weighted by atomic mass is 35.5. The van der Waals surface area contributed by atoms with Crippen LogP contribution in [0.4, 0.5) is 5.69 Å². The zero-order chi connectivity index (χ0) is 13.0. The van der Waals surface area contributed by atoms with Crippen LogP contribution in [0.5, 0.6) is 5.75 Å².